The van der Waals surface area contributed by atoms with Gasteiger partial charge in [0.05, 0.1) is 0 Å². The first-order valence-electron chi connectivity index (χ1n) is 4.29. The van der Waals surface area contributed by atoms with Crippen molar-refractivity contribution in [2.24, 2.45) is 0 Å². The van der Waals surface area contributed by atoms with Crippen LogP contribution in [0.3, 0.4) is 0 Å². The Morgan fingerprint density at radius 3 is 0.265 bits per heavy atom. The number of rotatable bonds is 0. The zero-order valence-electron chi connectivity index (χ0n) is 15.9. The van der Waals surface area contributed by atoms with Gasteiger partial charge in [0.2, 0.25) is 0 Å². The summed E-state index contributed by atoms with van der Waals surface area (Å²) in [6.45, 7) is 0. The van der Waals surface area contributed by atoms with Crippen molar-refractivity contribution in [1.82, 2.24) is 0 Å². The quantitative estimate of drug-likeness (QED) is 0.208. The average molecular weight is 744 g/mol. The Balaban J connectivity index is -0.0000000134. The first-order chi connectivity index (χ1) is 12.1. The molecule has 21 nitrogen and oxygen atoms in total. The smallest absolute Gasteiger partial charge is 0.672 e. The summed E-state index contributed by atoms with van der Waals surface area (Å²) in [6, 6.07) is 0. The molecule has 0 aliphatic heterocycles. The predicted octanol–water partition coefficient (Wildman–Crippen LogP) is -26.9. The molecule has 0 unspecified atom stereocenters. The van der Waals surface area contributed by atoms with E-state index in [1.54, 1.807) is 0 Å². The Kier molecular flexibility index (Phi) is 188. The van der Waals surface area contributed by atoms with Gasteiger partial charge in [0, 0.05) is 64.2 Å². The third-order valence-electron chi connectivity index (χ3n) is 0. The first kappa shape index (κ1) is 83.5. The minimum absolute atomic E-state index is 0. The van der Waals surface area contributed by atoms with Gasteiger partial charge in [0.25, 0.3) is 0 Å². The van der Waals surface area contributed by atoms with Crippen LogP contribution in [0.4, 0.5) is 0 Å². The Morgan fingerprint density at radius 1 is 0.265 bits per heavy atom. The Bertz CT molecular complexity index is 334. The summed E-state index contributed by atoms with van der Waals surface area (Å²) in [5.41, 5.74) is 0. The van der Waals surface area contributed by atoms with E-state index in [1.165, 1.54) is 0 Å². The molecule has 0 rings (SSSR count). The van der Waals surface area contributed by atoms with Crippen LogP contribution >= 0.6 is 0 Å². The van der Waals surface area contributed by atoms with E-state index < -0.39 is 64.2 Å². The van der Waals surface area contributed by atoms with Crippen LogP contribution < -0.4 is 126 Å². The monoisotopic (exact) mass is 744 g/mol. The molecule has 0 saturated heterocycles. The molecule has 0 aromatic rings. The molecule has 0 fully saturated rings. The molecule has 0 atom stereocenters. The summed E-state index contributed by atoms with van der Waals surface area (Å²) in [6.07, 6.45) is 0. The second-order valence-corrected chi connectivity index (χ2v) is 5.25. The van der Waals surface area contributed by atoms with Crippen molar-refractivity contribution in [3.8, 4) is 0 Å². The molecule has 34 heavy (non-hydrogen) atoms. The van der Waals surface area contributed by atoms with Crippen LogP contribution in [-0.2, 0) is 65.4 Å². The summed E-state index contributed by atoms with van der Waals surface area (Å²) in [4.78, 5) is 119. The van der Waals surface area contributed by atoms with E-state index in [2.05, 4.69) is 0 Å². The van der Waals surface area contributed by atoms with Crippen molar-refractivity contribution in [3.63, 3.8) is 0 Å². The van der Waals surface area contributed by atoms with E-state index in [0.717, 1.165) is 0 Å². The van der Waals surface area contributed by atoms with Crippen LogP contribution in [-0.4, -0.2) is 98.9 Å². The summed E-state index contributed by atoms with van der Waals surface area (Å²) in [7, 11) is -25.4. The maximum atomic E-state index is 8.52. The second-order valence-electron chi connectivity index (χ2n) is 1.75. The fourth-order valence-electron chi connectivity index (χ4n) is 0. The van der Waals surface area contributed by atoms with Crippen LogP contribution in [0, 0.1) is 0 Å². The SMILES string of the molecule is O=[Si]([O-])[O-].O=[Si]([O-])[O-].O=[Si]([O-])[O-].O=[Si]([O-])[O-].O=[Si]([O-])[O-].O=[Si]([O-])[O-].O=[Si]([O-])[O-].[Al+3].[Al+3].[Fe+3].[Fe+3].[Na+].[Na+]. The molecule has 0 heterocycles. The minimum Gasteiger partial charge on any atom is -0.672 e. The topological polar surface area (TPSA) is 442 Å². The van der Waals surface area contributed by atoms with E-state index in [1.807, 2.05) is 0 Å². The van der Waals surface area contributed by atoms with Gasteiger partial charge in [-0.2, -0.15) is 0 Å². The van der Waals surface area contributed by atoms with Crippen molar-refractivity contribution in [1.29, 1.82) is 0 Å². The molecule has 0 aromatic carbocycles. The Hall–Kier alpha value is 1.42. The molecule has 0 aliphatic carbocycles. The van der Waals surface area contributed by atoms with Crippen LogP contribution in [0.15, 0.2) is 0 Å². The first-order valence-corrected chi connectivity index (χ1v) is 12.9. The van der Waals surface area contributed by atoms with Crippen LogP contribution in [0.1, 0.15) is 0 Å². The van der Waals surface area contributed by atoms with Crippen LogP contribution in [0.25, 0.3) is 0 Å². The third kappa shape index (κ3) is 17400. The molecule has 0 aliphatic rings. The van der Waals surface area contributed by atoms with Gasteiger partial charge >= 0.3 is 128 Å². The maximum absolute atomic E-state index is 8.52. The summed E-state index contributed by atoms with van der Waals surface area (Å²) < 4.78 is 59.6. The van der Waals surface area contributed by atoms with Gasteiger partial charge in [-0.1, -0.05) is 0 Å². The number of hydrogen-bond acceptors (Lipinski definition) is 21. The van der Waals surface area contributed by atoms with Crippen molar-refractivity contribution in [3.05, 3.63) is 0 Å². The summed E-state index contributed by atoms with van der Waals surface area (Å²) in [5.74, 6) is 0. The third-order valence-corrected chi connectivity index (χ3v) is 0. The van der Waals surface area contributed by atoms with E-state index >= 15 is 0 Å². The molecule has 0 N–H and O–H groups in total. The van der Waals surface area contributed by atoms with Crippen LogP contribution in [0.2, 0.25) is 0 Å². The van der Waals surface area contributed by atoms with Gasteiger partial charge in [0.15, 0.2) is 0 Å². The standard InChI is InChI=1S/2Al.2Fe.2Na.7O3Si/c;;;;;;7*1-4(2)3/q4*+3;2*+1;7*-2. The van der Waals surface area contributed by atoms with E-state index in [-0.39, 0.29) is 128 Å². The molecule has 0 spiro atoms. The van der Waals surface area contributed by atoms with E-state index in [0.29, 0.717) is 0 Å². The largest absolute Gasteiger partial charge is 3.00 e. The fraction of sp³-hybridized carbons (Fsp3) is 0. The van der Waals surface area contributed by atoms with Gasteiger partial charge in [-0.3, -0.25) is 0 Å². The fourth-order valence-corrected chi connectivity index (χ4v) is 0. The Labute approximate surface area is 286 Å². The van der Waals surface area contributed by atoms with Crippen molar-refractivity contribution in [2.45, 2.75) is 0 Å². The molecule has 0 amide bonds. The van der Waals surface area contributed by atoms with Gasteiger partial charge in [0.1, 0.15) is 0 Å². The van der Waals surface area contributed by atoms with Gasteiger partial charge in [-0.05, 0) is 0 Å². The molecule has 0 aromatic heterocycles. The molecular formula is Al2Fe2Na2O21Si7. The molecule has 2 radical (unpaired) electrons. The van der Waals surface area contributed by atoms with Crippen molar-refractivity contribution in [2.75, 3.05) is 0 Å². The minimum atomic E-state index is -3.63. The summed E-state index contributed by atoms with van der Waals surface area (Å²) >= 11 is 0. The molecule has 0 saturated carbocycles. The normalized spacial score (nSPS) is 4.94. The molecular weight excluding hydrogens is 744 g/mol. The number of hydrogen-bond donors (Lipinski definition) is 0. The zero-order valence-corrected chi connectivity index (χ0v) is 31.5. The van der Waals surface area contributed by atoms with Gasteiger partial charge in [-0.25, -0.2) is 0 Å². The summed E-state index contributed by atoms with van der Waals surface area (Å²) in [5, 5.41) is 0. The maximum Gasteiger partial charge on any atom is 3.00 e. The van der Waals surface area contributed by atoms with Crippen molar-refractivity contribution < 1.29 is 192 Å². The average Bonchev–Trinajstić information content (AvgIpc) is 2.20. The Morgan fingerprint density at radius 2 is 0.265 bits per heavy atom. The molecule has 178 valence electrons. The van der Waals surface area contributed by atoms with Gasteiger partial charge < -0.3 is 98.4 Å². The zero-order chi connectivity index (χ0) is 25.0. The van der Waals surface area contributed by atoms with Crippen molar-refractivity contribution >= 4 is 98.9 Å². The molecule has 0 bridgehead atoms. The predicted molar refractivity (Wildman–Crippen MR) is 56.6 cm³/mol. The van der Waals surface area contributed by atoms with E-state index in [9.17, 15) is 0 Å². The van der Waals surface area contributed by atoms with Crippen LogP contribution in [0.5, 0.6) is 0 Å². The second kappa shape index (κ2) is 76.5. The molecule has 34 heteroatoms. The van der Waals surface area contributed by atoms with E-state index in [4.69, 9.17) is 98.4 Å². The van der Waals surface area contributed by atoms with Gasteiger partial charge in [-0.15, -0.1) is 0 Å².